The van der Waals surface area contributed by atoms with Crippen LogP contribution in [-0.2, 0) is 10.8 Å². The summed E-state index contributed by atoms with van der Waals surface area (Å²) in [5, 5.41) is 3.97. The summed E-state index contributed by atoms with van der Waals surface area (Å²) in [6.45, 7) is 11.3. The van der Waals surface area contributed by atoms with Gasteiger partial charge in [-0.1, -0.05) is 20.8 Å². The van der Waals surface area contributed by atoms with Crippen LogP contribution in [0.25, 0.3) is 0 Å². The highest BCUT2D eigenvalue weighted by molar-refractivity contribution is 7.84. The number of hydrogen-bond donors (Lipinski definition) is 1. The van der Waals surface area contributed by atoms with Crippen molar-refractivity contribution in [1.82, 2.24) is 10.2 Å². The molecule has 18 heavy (non-hydrogen) atoms. The molecular weight excluding hydrogens is 244 g/mol. The van der Waals surface area contributed by atoms with Crippen LogP contribution >= 0.6 is 0 Å². The second-order valence-electron chi connectivity index (χ2n) is 5.81. The van der Waals surface area contributed by atoms with E-state index in [0.29, 0.717) is 17.2 Å². The summed E-state index contributed by atoms with van der Waals surface area (Å²) in [4.78, 5) is 2.57. The minimum Gasteiger partial charge on any atom is -0.314 e. The number of hydrogen-bond acceptors (Lipinski definition) is 3. The van der Waals surface area contributed by atoms with Crippen molar-refractivity contribution < 1.29 is 4.21 Å². The Morgan fingerprint density at radius 1 is 1.50 bits per heavy atom. The molecular formula is C14H30N2OS. The third-order valence-electron chi connectivity index (χ3n) is 4.03. The van der Waals surface area contributed by atoms with E-state index >= 15 is 0 Å². The molecule has 0 spiro atoms. The Balaban J connectivity index is 2.40. The zero-order chi connectivity index (χ0) is 13.5. The average molecular weight is 274 g/mol. The van der Waals surface area contributed by atoms with Crippen molar-refractivity contribution in [2.45, 2.75) is 51.3 Å². The van der Waals surface area contributed by atoms with Crippen molar-refractivity contribution in [1.29, 1.82) is 0 Å². The molecule has 1 N–H and O–H groups in total. The molecule has 4 heteroatoms. The average Bonchev–Trinajstić information content (AvgIpc) is 2.32. The van der Waals surface area contributed by atoms with Gasteiger partial charge in [0.1, 0.15) is 0 Å². The third kappa shape index (κ3) is 5.81. The molecule has 4 atom stereocenters. The lowest BCUT2D eigenvalue weighted by atomic mass is 10.0. The first-order valence-corrected chi connectivity index (χ1v) is 8.93. The molecule has 1 heterocycles. The van der Waals surface area contributed by atoms with Crippen molar-refractivity contribution in [3.63, 3.8) is 0 Å². The van der Waals surface area contributed by atoms with Gasteiger partial charge < -0.3 is 10.2 Å². The molecule has 3 nitrogen and oxygen atoms in total. The Hall–Kier alpha value is 0.0700. The molecule has 0 amide bonds. The van der Waals surface area contributed by atoms with Crippen LogP contribution in [0.5, 0.6) is 0 Å². The summed E-state index contributed by atoms with van der Waals surface area (Å²) in [6.07, 6.45) is 5.33. The summed E-state index contributed by atoms with van der Waals surface area (Å²) in [5.41, 5.74) is 0. The van der Waals surface area contributed by atoms with Crippen LogP contribution in [0.2, 0.25) is 0 Å². The summed E-state index contributed by atoms with van der Waals surface area (Å²) in [7, 11) is -0.679. The summed E-state index contributed by atoms with van der Waals surface area (Å²) in [6, 6.07) is 0.674. The highest BCUT2D eigenvalue weighted by Gasteiger charge is 2.18. The van der Waals surface area contributed by atoms with E-state index in [1.165, 1.54) is 25.9 Å². The minimum absolute atomic E-state index is 0.325. The maximum Gasteiger partial charge on any atom is 0.0329 e. The van der Waals surface area contributed by atoms with Gasteiger partial charge in [0.2, 0.25) is 0 Å². The lowest BCUT2D eigenvalue weighted by Crippen LogP contribution is -2.44. The van der Waals surface area contributed by atoms with Crippen molar-refractivity contribution in [2.24, 2.45) is 5.92 Å². The van der Waals surface area contributed by atoms with Gasteiger partial charge in [-0.2, -0.15) is 0 Å². The van der Waals surface area contributed by atoms with E-state index in [1.807, 2.05) is 6.26 Å². The van der Waals surface area contributed by atoms with Gasteiger partial charge in [0, 0.05) is 34.9 Å². The predicted octanol–water partition coefficient (Wildman–Crippen LogP) is 1.85. The van der Waals surface area contributed by atoms with Gasteiger partial charge in [0.15, 0.2) is 0 Å². The summed E-state index contributed by atoms with van der Waals surface area (Å²) < 4.78 is 11.4. The quantitative estimate of drug-likeness (QED) is 0.830. The van der Waals surface area contributed by atoms with Crippen LogP contribution < -0.4 is 5.32 Å². The van der Waals surface area contributed by atoms with Crippen molar-refractivity contribution in [3.05, 3.63) is 0 Å². The van der Waals surface area contributed by atoms with Gasteiger partial charge >= 0.3 is 0 Å². The Kier molecular flexibility index (Phi) is 7.42. The second-order valence-corrected chi connectivity index (χ2v) is 7.61. The van der Waals surface area contributed by atoms with Crippen molar-refractivity contribution >= 4 is 10.8 Å². The maximum atomic E-state index is 11.4. The van der Waals surface area contributed by atoms with Crippen LogP contribution in [0.3, 0.4) is 0 Å². The molecule has 4 unspecified atom stereocenters. The first kappa shape index (κ1) is 16.1. The van der Waals surface area contributed by atoms with E-state index in [1.54, 1.807) is 0 Å². The van der Waals surface area contributed by atoms with Gasteiger partial charge in [0.25, 0.3) is 0 Å². The van der Waals surface area contributed by atoms with Gasteiger partial charge in [-0.05, 0) is 44.8 Å². The molecule has 0 bridgehead atoms. The normalized spacial score (nSPS) is 30.4. The van der Waals surface area contributed by atoms with Crippen molar-refractivity contribution in [3.8, 4) is 0 Å². The molecule has 1 aliphatic rings. The molecule has 1 saturated heterocycles. The highest BCUT2D eigenvalue weighted by Crippen LogP contribution is 2.11. The van der Waals surface area contributed by atoms with Gasteiger partial charge in [-0.15, -0.1) is 0 Å². The zero-order valence-electron chi connectivity index (χ0n) is 12.4. The van der Waals surface area contributed by atoms with Crippen molar-refractivity contribution in [2.75, 3.05) is 32.4 Å². The van der Waals surface area contributed by atoms with Crippen LogP contribution in [-0.4, -0.2) is 52.8 Å². The van der Waals surface area contributed by atoms with Gasteiger partial charge in [0.05, 0.1) is 0 Å². The largest absolute Gasteiger partial charge is 0.314 e. The fourth-order valence-corrected chi connectivity index (χ4v) is 2.92. The number of rotatable bonds is 5. The Morgan fingerprint density at radius 2 is 2.22 bits per heavy atom. The third-order valence-corrected chi connectivity index (χ3v) is 5.40. The number of nitrogens with one attached hydrogen (secondary N) is 1. The highest BCUT2D eigenvalue weighted by atomic mass is 32.2. The molecule has 0 radical (unpaired) electrons. The van der Waals surface area contributed by atoms with Crippen LogP contribution in [0.4, 0.5) is 0 Å². The first-order valence-electron chi connectivity index (χ1n) is 7.30. The fourth-order valence-electron chi connectivity index (χ4n) is 2.49. The fraction of sp³-hybridized carbons (Fsp3) is 1.00. The monoisotopic (exact) mass is 274 g/mol. The minimum atomic E-state index is -0.679. The molecule has 0 saturated carbocycles. The van der Waals surface area contributed by atoms with E-state index in [4.69, 9.17) is 0 Å². The summed E-state index contributed by atoms with van der Waals surface area (Å²) >= 11 is 0. The molecule has 108 valence electrons. The Labute approximate surface area is 115 Å². The van der Waals surface area contributed by atoms with Gasteiger partial charge in [-0.3, -0.25) is 4.21 Å². The Morgan fingerprint density at radius 3 is 2.83 bits per heavy atom. The van der Waals surface area contributed by atoms with Crippen LogP contribution in [0.1, 0.15) is 40.0 Å². The lowest BCUT2D eigenvalue weighted by molar-refractivity contribution is 0.195. The van der Waals surface area contributed by atoms with Crippen LogP contribution in [0, 0.1) is 5.92 Å². The smallest absolute Gasteiger partial charge is 0.0329 e. The summed E-state index contributed by atoms with van der Waals surface area (Å²) in [5.74, 6) is 0.710. The SMILES string of the molecule is CCC1CCN(CCC(C)S(C)=O)CC(C)CN1. The molecule has 0 aliphatic carbocycles. The molecule has 0 aromatic carbocycles. The van der Waals surface area contributed by atoms with E-state index in [0.717, 1.165) is 19.5 Å². The predicted molar refractivity (Wildman–Crippen MR) is 80.4 cm³/mol. The molecule has 1 aliphatic heterocycles. The molecule has 1 rings (SSSR count). The van der Waals surface area contributed by atoms with E-state index in [2.05, 4.69) is 31.0 Å². The van der Waals surface area contributed by atoms with E-state index in [9.17, 15) is 4.21 Å². The molecule has 0 aromatic heterocycles. The topological polar surface area (TPSA) is 32.3 Å². The number of nitrogens with zero attached hydrogens (tertiary/aromatic N) is 1. The van der Waals surface area contributed by atoms with E-state index < -0.39 is 10.8 Å². The van der Waals surface area contributed by atoms with Gasteiger partial charge in [-0.25, -0.2) is 0 Å². The van der Waals surface area contributed by atoms with Crippen LogP contribution in [0.15, 0.2) is 0 Å². The maximum absolute atomic E-state index is 11.4. The second kappa shape index (κ2) is 8.28. The first-order chi connectivity index (χ1) is 8.52. The Bertz CT molecular complexity index is 260. The molecule has 0 aromatic rings. The zero-order valence-corrected chi connectivity index (χ0v) is 13.3. The van der Waals surface area contributed by atoms with E-state index in [-0.39, 0.29) is 0 Å². The lowest BCUT2D eigenvalue weighted by Gasteiger charge is -2.32. The molecule has 1 fully saturated rings. The standard InChI is InChI=1S/C14H30N2OS/c1-5-14-7-9-16(11-12(2)10-15-14)8-6-13(3)18(4)17/h12-15H,5-11H2,1-4H3.